The fourth-order valence-electron chi connectivity index (χ4n) is 1.52. The number of nitro groups is 1. The first-order chi connectivity index (χ1) is 8.41. The van der Waals surface area contributed by atoms with Crippen molar-refractivity contribution in [2.45, 2.75) is 26.3 Å². The summed E-state index contributed by atoms with van der Waals surface area (Å²) < 4.78 is 0. The Hall–Kier alpha value is -1.69. The number of nitrogens with two attached hydrogens (primary N) is 1. The zero-order chi connectivity index (χ0) is 13.7. The van der Waals surface area contributed by atoms with Crippen LogP contribution in [0.15, 0.2) is 18.3 Å². The van der Waals surface area contributed by atoms with Crippen LogP contribution in [0, 0.1) is 16.0 Å². The van der Waals surface area contributed by atoms with Gasteiger partial charge < -0.3 is 10.6 Å². The van der Waals surface area contributed by atoms with Crippen LogP contribution in [0.3, 0.4) is 0 Å². The molecule has 6 nitrogen and oxygen atoms in total. The van der Waals surface area contributed by atoms with Gasteiger partial charge in [-0.1, -0.05) is 13.8 Å². The van der Waals surface area contributed by atoms with Gasteiger partial charge in [-0.05, 0) is 12.3 Å². The quantitative estimate of drug-likeness (QED) is 0.616. The third kappa shape index (κ3) is 3.96. The van der Waals surface area contributed by atoms with Crippen LogP contribution in [0.5, 0.6) is 0 Å². The molecule has 0 radical (unpaired) electrons. The van der Waals surface area contributed by atoms with E-state index in [1.807, 2.05) is 11.9 Å². The van der Waals surface area contributed by atoms with Gasteiger partial charge in [-0.25, -0.2) is 4.98 Å². The molecular formula is C12H20N4O2. The van der Waals surface area contributed by atoms with Gasteiger partial charge in [0.1, 0.15) is 5.82 Å². The van der Waals surface area contributed by atoms with Crippen LogP contribution < -0.4 is 10.6 Å². The molecule has 0 aliphatic rings. The molecule has 0 aliphatic heterocycles. The number of hydrogen-bond donors (Lipinski definition) is 1. The van der Waals surface area contributed by atoms with E-state index in [2.05, 4.69) is 18.8 Å². The van der Waals surface area contributed by atoms with Crippen LogP contribution in [0.1, 0.15) is 20.3 Å². The Morgan fingerprint density at radius 1 is 1.56 bits per heavy atom. The predicted octanol–water partition coefficient (Wildman–Crippen LogP) is 1.80. The van der Waals surface area contributed by atoms with E-state index in [1.54, 1.807) is 0 Å². The lowest BCUT2D eigenvalue weighted by Crippen LogP contribution is -2.32. The van der Waals surface area contributed by atoms with E-state index in [-0.39, 0.29) is 11.7 Å². The molecule has 0 fully saturated rings. The van der Waals surface area contributed by atoms with E-state index >= 15 is 0 Å². The highest BCUT2D eigenvalue weighted by molar-refractivity contribution is 5.45. The molecular weight excluding hydrogens is 232 g/mol. The first-order valence-electron chi connectivity index (χ1n) is 5.99. The van der Waals surface area contributed by atoms with Gasteiger partial charge in [0, 0.05) is 31.9 Å². The highest BCUT2D eigenvalue weighted by Gasteiger charge is 2.12. The average Bonchev–Trinajstić information content (AvgIpc) is 2.35. The van der Waals surface area contributed by atoms with Gasteiger partial charge >= 0.3 is 0 Å². The van der Waals surface area contributed by atoms with Gasteiger partial charge in [-0.2, -0.15) is 0 Å². The normalized spacial score (nSPS) is 12.5. The molecule has 2 N–H and O–H groups in total. The second kappa shape index (κ2) is 6.30. The van der Waals surface area contributed by atoms with Crippen LogP contribution in [0.2, 0.25) is 0 Å². The molecule has 0 saturated carbocycles. The number of pyridine rings is 1. The molecule has 0 bridgehead atoms. The highest BCUT2D eigenvalue weighted by atomic mass is 16.6. The summed E-state index contributed by atoms with van der Waals surface area (Å²) in [5, 5.41) is 10.7. The SMILES string of the molecule is CC(C)C(N)CCN(C)c1cc([N+](=O)[O-])ccn1. The van der Waals surface area contributed by atoms with E-state index in [4.69, 9.17) is 5.73 Å². The first-order valence-corrected chi connectivity index (χ1v) is 5.99. The molecule has 1 aromatic rings. The second-order valence-corrected chi connectivity index (χ2v) is 4.75. The van der Waals surface area contributed by atoms with Crippen molar-refractivity contribution < 1.29 is 4.92 Å². The van der Waals surface area contributed by atoms with Crippen LogP contribution in [0.25, 0.3) is 0 Å². The molecule has 1 unspecified atom stereocenters. The highest BCUT2D eigenvalue weighted by Crippen LogP contribution is 2.17. The molecule has 1 heterocycles. The maximum absolute atomic E-state index is 10.7. The summed E-state index contributed by atoms with van der Waals surface area (Å²) in [7, 11) is 1.86. The Morgan fingerprint density at radius 3 is 2.78 bits per heavy atom. The summed E-state index contributed by atoms with van der Waals surface area (Å²) >= 11 is 0. The van der Waals surface area contributed by atoms with Gasteiger partial charge in [-0.3, -0.25) is 10.1 Å². The summed E-state index contributed by atoms with van der Waals surface area (Å²) in [4.78, 5) is 16.3. The van der Waals surface area contributed by atoms with Gasteiger partial charge in [0.2, 0.25) is 0 Å². The van der Waals surface area contributed by atoms with Crippen LogP contribution in [-0.2, 0) is 0 Å². The molecule has 100 valence electrons. The minimum atomic E-state index is -0.418. The van der Waals surface area contributed by atoms with Crippen molar-refractivity contribution in [1.82, 2.24) is 4.98 Å². The van der Waals surface area contributed by atoms with Crippen molar-refractivity contribution in [3.8, 4) is 0 Å². The fourth-order valence-corrected chi connectivity index (χ4v) is 1.52. The Bertz CT molecular complexity index is 409. The van der Waals surface area contributed by atoms with Gasteiger partial charge in [0.25, 0.3) is 5.69 Å². The van der Waals surface area contributed by atoms with Crippen molar-refractivity contribution in [1.29, 1.82) is 0 Å². The lowest BCUT2D eigenvalue weighted by molar-refractivity contribution is -0.384. The molecule has 0 aromatic carbocycles. The van der Waals surface area contributed by atoms with Crippen molar-refractivity contribution >= 4 is 11.5 Å². The smallest absolute Gasteiger partial charge is 0.274 e. The predicted molar refractivity (Wildman–Crippen MR) is 71.6 cm³/mol. The molecule has 1 aromatic heterocycles. The Balaban J connectivity index is 2.64. The summed E-state index contributed by atoms with van der Waals surface area (Å²) in [5.74, 6) is 1.02. The van der Waals surface area contributed by atoms with Crippen molar-refractivity contribution in [2.24, 2.45) is 11.7 Å². The third-order valence-electron chi connectivity index (χ3n) is 2.99. The lowest BCUT2D eigenvalue weighted by atomic mass is 10.0. The Morgan fingerprint density at radius 2 is 2.22 bits per heavy atom. The maximum atomic E-state index is 10.7. The van der Waals surface area contributed by atoms with Gasteiger partial charge in [-0.15, -0.1) is 0 Å². The molecule has 0 aliphatic carbocycles. The Labute approximate surface area is 107 Å². The zero-order valence-electron chi connectivity index (χ0n) is 11.0. The maximum Gasteiger partial charge on any atom is 0.274 e. The minimum absolute atomic E-state index is 0.0556. The summed E-state index contributed by atoms with van der Waals surface area (Å²) in [5.41, 5.74) is 6.02. The first kappa shape index (κ1) is 14.4. The Kier molecular flexibility index (Phi) is 5.03. The third-order valence-corrected chi connectivity index (χ3v) is 2.99. The van der Waals surface area contributed by atoms with Crippen molar-refractivity contribution in [3.05, 3.63) is 28.4 Å². The van der Waals surface area contributed by atoms with Crippen LogP contribution in [-0.4, -0.2) is 29.5 Å². The summed E-state index contributed by atoms with van der Waals surface area (Å²) in [6.07, 6.45) is 2.28. The topological polar surface area (TPSA) is 85.3 Å². The largest absolute Gasteiger partial charge is 0.359 e. The minimum Gasteiger partial charge on any atom is -0.359 e. The molecule has 0 saturated heterocycles. The zero-order valence-corrected chi connectivity index (χ0v) is 11.0. The molecule has 1 atom stereocenters. The number of hydrogen-bond acceptors (Lipinski definition) is 5. The van der Waals surface area contributed by atoms with E-state index in [9.17, 15) is 10.1 Å². The molecule has 0 amide bonds. The molecule has 18 heavy (non-hydrogen) atoms. The van der Waals surface area contributed by atoms with Crippen molar-refractivity contribution in [2.75, 3.05) is 18.5 Å². The van der Waals surface area contributed by atoms with Gasteiger partial charge in [0.05, 0.1) is 11.0 Å². The number of nitrogens with zero attached hydrogens (tertiary/aromatic N) is 3. The van der Waals surface area contributed by atoms with E-state index < -0.39 is 4.92 Å². The second-order valence-electron chi connectivity index (χ2n) is 4.75. The van der Waals surface area contributed by atoms with Crippen LogP contribution in [0.4, 0.5) is 11.5 Å². The number of aromatic nitrogens is 1. The van der Waals surface area contributed by atoms with E-state index in [0.29, 0.717) is 11.7 Å². The fraction of sp³-hybridized carbons (Fsp3) is 0.583. The van der Waals surface area contributed by atoms with E-state index in [1.165, 1.54) is 18.3 Å². The average molecular weight is 252 g/mol. The lowest BCUT2D eigenvalue weighted by Gasteiger charge is -2.22. The molecule has 0 spiro atoms. The van der Waals surface area contributed by atoms with E-state index in [0.717, 1.165) is 13.0 Å². The summed E-state index contributed by atoms with van der Waals surface area (Å²) in [6.45, 7) is 4.89. The van der Waals surface area contributed by atoms with Crippen molar-refractivity contribution in [3.63, 3.8) is 0 Å². The standard InChI is InChI=1S/C12H20N4O2/c1-9(2)11(13)5-7-15(3)12-8-10(16(17)18)4-6-14-12/h4,6,8-9,11H,5,7,13H2,1-3H3. The summed E-state index contributed by atoms with van der Waals surface area (Å²) in [6, 6.07) is 2.99. The monoisotopic (exact) mass is 252 g/mol. The number of rotatable bonds is 6. The van der Waals surface area contributed by atoms with Gasteiger partial charge in [0.15, 0.2) is 0 Å². The van der Waals surface area contributed by atoms with Crippen LogP contribution >= 0.6 is 0 Å². The molecule has 6 heteroatoms. The molecule has 1 rings (SSSR count). The number of anilines is 1.